The van der Waals surface area contributed by atoms with Gasteiger partial charge in [-0.25, -0.2) is 0 Å². The molecule has 24 heavy (non-hydrogen) atoms. The fourth-order valence-electron chi connectivity index (χ4n) is 3.17. The molecule has 3 nitrogen and oxygen atoms in total. The number of carbonyl (C=O) groups is 1. The van der Waals surface area contributed by atoms with E-state index in [2.05, 4.69) is 22.3 Å². The second kappa shape index (κ2) is 7.82. The fourth-order valence-corrected chi connectivity index (χ4v) is 3.30. The van der Waals surface area contributed by atoms with Crippen LogP contribution in [0, 0.1) is 6.92 Å². The van der Waals surface area contributed by atoms with Crippen LogP contribution in [0.25, 0.3) is 0 Å². The molecule has 3 rings (SSSR count). The molecule has 1 saturated heterocycles. The van der Waals surface area contributed by atoms with Crippen molar-refractivity contribution in [2.75, 3.05) is 13.1 Å². The molecule has 0 atom stereocenters. The van der Waals surface area contributed by atoms with Crippen LogP contribution < -0.4 is 5.32 Å². The summed E-state index contributed by atoms with van der Waals surface area (Å²) in [5.74, 6) is 0.0456. The molecule has 1 aliphatic rings. The number of aryl methyl sites for hydroxylation is 1. The maximum Gasteiger partial charge on any atom is 0.251 e. The summed E-state index contributed by atoms with van der Waals surface area (Å²) in [5, 5.41) is 3.96. The minimum Gasteiger partial charge on any atom is -0.349 e. The largest absolute Gasteiger partial charge is 0.349 e. The molecular formula is C20H23ClN2O. The number of nitrogens with zero attached hydrogens (tertiary/aromatic N) is 1. The number of hydrogen-bond acceptors (Lipinski definition) is 2. The van der Waals surface area contributed by atoms with Gasteiger partial charge in [-0.2, -0.15) is 0 Å². The summed E-state index contributed by atoms with van der Waals surface area (Å²) in [6.45, 7) is 4.92. The Labute approximate surface area is 148 Å². The molecule has 1 fully saturated rings. The Morgan fingerprint density at radius 1 is 1.12 bits per heavy atom. The quantitative estimate of drug-likeness (QED) is 0.909. The lowest BCUT2D eigenvalue weighted by atomic mass is 10.0. The van der Waals surface area contributed by atoms with E-state index in [1.54, 1.807) is 0 Å². The van der Waals surface area contributed by atoms with Gasteiger partial charge in [0.1, 0.15) is 0 Å². The van der Waals surface area contributed by atoms with Gasteiger partial charge in [-0.1, -0.05) is 41.9 Å². The molecule has 0 unspecified atom stereocenters. The van der Waals surface area contributed by atoms with E-state index in [1.807, 2.05) is 43.3 Å². The van der Waals surface area contributed by atoms with Gasteiger partial charge in [-0.15, -0.1) is 0 Å². The summed E-state index contributed by atoms with van der Waals surface area (Å²) in [6.07, 6.45) is 1.98. The average Bonchev–Trinajstić information content (AvgIpc) is 2.59. The molecular weight excluding hydrogens is 320 g/mol. The predicted molar refractivity (Wildman–Crippen MR) is 98.4 cm³/mol. The first kappa shape index (κ1) is 17.0. The lowest BCUT2D eigenvalue weighted by Gasteiger charge is -2.32. The summed E-state index contributed by atoms with van der Waals surface area (Å²) in [4.78, 5) is 14.8. The zero-order chi connectivity index (χ0) is 16.9. The number of likely N-dealkylation sites (tertiary alicyclic amines) is 1. The van der Waals surface area contributed by atoms with E-state index < -0.39 is 0 Å². The second-order valence-electron chi connectivity index (χ2n) is 6.47. The van der Waals surface area contributed by atoms with Crippen LogP contribution >= 0.6 is 11.6 Å². The highest BCUT2D eigenvalue weighted by Gasteiger charge is 2.21. The maximum absolute atomic E-state index is 12.4. The van der Waals surface area contributed by atoms with Gasteiger partial charge in [0, 0.05) is 36.3 Å². The van der Waals surface area contributed by atoms with Crippen molar-refractivity contribution in [3.63, 3.8) is 0 Å². The fraction of sp³-hybridized carbons (Fsp3) is 0.350. The van der Waals surface area contributed by atoms with Crippen molar-refractivity contribution in [3.8, 4) is 0 Å². The third kappa shape index (κ3) is 4.37. The average molecular weight is 343 g/mol. The van der Waals surface area contributed by atoms with Crippen LogP contribution in [0.5, 0.6) is 0 Å². The molecule has 2 aromatic carbocycles. The van der Waals surface area contributed by atoms with Gasteiger partial charge in [-0.05, 0) is 49.1 Å². The highest BCUT2D eigenvalue weighted by atomic mass is 35.5. The van der Waals surface area contributed by atoms with Crippen molar-refractivity contribution in [2.24, 2.45) is 0 Å². The molecule has 1 amide bonds. The van der Waals surface area contributed by atoms with Crippen molar-refractivity contribution < 1.29 is 4.79 Å². The summed E-state index contributed by atoms with van der Waals surface area (Å²) in [6, 6.07) is 16.0. The molecule has 0 aliphatic carbocycles. The van der Waals surface area contributed by atoms with E-state index >= 15 is 0 Å². The summed E-state index contributed by atoms with van der Waals surface area (Å²) >= 11 is 5.93. The summed E-state index contributed by atoms with van der Waals surface area (Å²) < 4.78 is 0. The predicted octanol–water partition coefficient (Wildman–Crippen LogP) is 4.04. The lowest BCUT2D eigenvalue weighted by molar-refractivity contribution is 0.0908. The molecule has 1 aliphatic heterocycles. The van der Waals surface area contributed by atoms with Crippen molar-refractivity contribution >= 4 is 17.5 Å². The molecule has 1 heterocycles. The first-order valence-corrected chi connectivity index (χ1v) is 8.83. The van der Waals surface area contributed by atoms with E-state index in [-0.39, 0.29) is 11.9 Å². The number of amides is 1. The first-order valence-electron chi connectivity index (χ1n) is 8.45. The van der Waals surface area contributed by atoms with Crippen LogP contribution in [0.2, 0.25) is 5.02 Å². The van der Waals surface area contributed by atoms with Crippen molar-refractivity contribution in [2.45, 2.75) is 32.4 Å². The Morgan fingerprint density at radius 2 is 1.79 bits per heavy atom. The van der Waals surface area contributed by atoms with Crippen molar-refractivity contribution in [1.82, 2.24) is 10.2 Å². The normalized spacial score (nSPS) is 16.1. The van der Waals surface area contributed by atoms with Crippen LogP contribution in [0.4, 0.5) is 0 Å². The van der Waals surface area contributed by atoms with Gasteiger partial charge in [0.15, 0.2) is 0 Å². The molecule has 4 heteroatoms. The van der Waals surface area contributed by atoms with E-state index in [4.69, 9.17) is 11.6 Å². The minimum absolute atomic E-state index is 0.0456. The Kier molecular flexibility index (Phi) is 5.54. The zero-order valence-corrected chi connectivity index (χ0v) is 14.7. The van der Waals surface area contributed by atoms with Gasteiger partial charge in [0.2, 0.25) is 0 Å². The van der Waals surface area contributed by atoms with Gasteiger partial charge in [0.25, 0.3) is 5.91 Å². The van der Waals surface area contributed by atoms with Gasteiger partial charge >= 0.3 is 0 Å². The van der Waals surface area contributed by atoms with Crippen molar-refractivity contribution in [3.05, 3.63) is 70.2 Å². The van der Waals surface area contributed by atoms with Crippen LogP contribution in [-0.4, -0.2) is 29.9 Å². The smallest absolute Gasteiger partial charge is 0.251 e. The zero-order valence-electron chi connectivity index (χ0n) is 14.0. The lowest BCUT2D eigenvalue weighted by Crippen LogP contribution is -2.44. The molecule has 1 N–H and O–H groups in total. The third-order valence-electron chi connectivity index (χ3n) is 4.63. The highest BCUT2D eigenvalue weighted by molar-refractivity contribution is 6.30. The monoisotopic (exact) mass is 342 g/mol. The van der Waals surface area contributed by atoms with Crippen molar-refractivity contribution in [1.29, 1.82) is 0 Å². The molecule has 0 spiro atoms. The number of halogens is 1. The maximum atomic E-state index is 12.4. The number of hydrogen-bond donors (Lipinski definition) is 1. The van der Waals surface area contributed by atoms with Crippen LogP contribution in [0.15, 0.2) is 48.5 Å². The number of carbonyl (C=O) groups excluding carboxylic acids is 1. The van der Waals surface area contributed by atoms with Gasteiger partial charge < -0.3 is 5.32 Å². The van der Waals surface area contributed by atoms with Gasteiger partial charge in [0.05, 0.1) is 0 Å². The van der Waals surface area contributed by atoms with Crippen LogP contribution in [-0.2, 0) is 6.54 Å². The van der Waals surface area contributed by atoms with E-state index in [9.17, 15) is 4.79 Å². The molecule has 126 valence electrons. The van der Waals surface area contributed by atoms with Gasteiger partial charge in [-0.3, -0.25) is 9.69 Å². The van der Waals surface area contributed by atoms with Crippen LogP contribution in [0.1, 0.15) is 34.3 Å². The molecule has 0 bridgehead atoms. The highest BCUT2D eigenvalue weighted by Crippen LogP contribution is 2.16. The molecule has 0 saturated carbocycles. The standard InChI is InChI=1S/C20H23ClN2O/c1-15-4-2-3-5-19(15)20(24)22-18-10-12-23(13-11-18)14-16-6-8-17(21)9-7-16/h2-9,18H,10-14H2,1H3,(H,22,24). The van der Waals surface area contributed by atoms with Crippen LogP contribution in [0.3, 0.4) is 0 Å². The molecule has 0 radical (unpaired) electrons. The minimum atomic E-state index is 0.0456. The number of nitrogens with one attached hydrogen (secondary N) is 1. The Hall–Kier alpha value is -1.84. The topological polar surface area (TPSA) is 32.3 Å². The first-order chi connectivity index (χ1) is 11.6. The number of rotatable bonds is 4. The Balaban J connectivity index is 1.49. The number of piperidine rings is 1. The van der Waals surface area contributed by atoms with E-state index in [0.717, 1.165) is 48.6 Å². The molecule has 0 aromatic heterocycles. The summed E-state index contributed by atoms with van der Waals surface area (Å²) in [5.41, 5.74) is 3.08. The van der Waals surface area contributed by atoms with E-state index in [0.29, 0.717) is 0 Å². The Morgan fingerprint density at radius 3 is 2.46 bits per heavy atom. The summed E-state index contributed by atoms with van der Waals surface area (Å²) in [7, 11) is 0. The third-order valence-corrected chi connectivity index (χ3v) is 4.88. The van der Waals surface area contributed by atoms with E-state index in [1.165, 1.54) is 5.56 Å². The SMILES string of the molecule is Cc1ccccc1C(=O)NC1CCN(Cc2ccc(Cl)cc2)CC1. The second-order valence-corrected chi connectivity index (χ2v) is 6.90. The molecule has 2 aromatic rings. The Bertz CT molecular complexity index is 691. The number of benzene rings is 2.